The number of ether oxygens (including phenoxy) is 1. The van der Waals surface area contributed by atoms with Crippen molar-refractivity contribution in [2.45, 2.75) is 31.4 Å². The van der Waals surface area contributed by atoms with Crippen LogP contribution in [0.1, 0.15) is 34.8 Å². The number of allylic oxidation sites excluding steroid dienone is 1. The van der Waals surface area contributed by atoms with Crippen LogP contribution in [0.5, 0.6) is 5.75 Å². The summed E-state index contributed by atoms with van der Waals surface area (Å²) in [6.07, 6.45) is -6.13. The summed E-state index contributed by atoms with van der Waals surface area (Å²) in [5.74, 6) is -10.9. The van der Waals surface area contributed by atoms with E-state index in [1.54, 1.807) is 0 Å². The second kappa shape index (κ2) is 11.0. The lowest BCUT2D eigenvalue weighted by molar-refractivity contribution is -0.138. The highest BCUT2D eigenvalue weighted by atomic mass is 19.4. The minimum Gasteiger partial charge on any atom is -0.487 e. The van der Waals surface area contributed by atoms with Crippen LogP contribution in [-0.4, -0.2) is 54.9 Å². The third kappa shape index (κ3) is 6.63. The van der Waals surface area contributed by atoms with Gasteiger partial charge in [-0.1, -0.05) is 18.2 Å². The monoisotopic (exact) mass is 548 g/mol. The lowest BCUT2D eigenvalue weighted by Crippen LogP contribution is -2.35. The second-order valence-corrected chi connectivity index (χ2v) is 8.55. The van der Waals surface area contributed by atoms with E-state index < -0.39 is 83.9 Å². The molecule has 3 rings (SSSR count). The molecule has 3 N–H and O–H groups in total. The molecule has 0 fully saturated rings. The molecule has 1 aliphatic rings. The Morgan fingerprint density at radius 1 is 1.11 bits per heavy atom. The molecule has 38 heavy (non-hydrogen) atoms. The third-order valence-electron chi connectivity index (χ3n) is 5.45. The average molecular weight is 548 g/mol. The maximum atomic E-state index is 15.4. The molecule has 13 heteroatoms. The van der Waals surface area contributed by atoms with E-state index in [0.29, 0.717) is 13.0 Å². The average Bonchev–Trinajstić information content (AvgIpc) is 2.96. The zero-order valence-electron chi connectivity index (χ0n) is 19.9. The number of carbonyl (C=O) groups excluding carboxylic acids is 2. The molecule has 0 aromatic heterocycles. The number of Topliss-reactive ketones (excluding diaryl/α,β-unsaturated/α-hetero) is 1. The van der Waals surface area contributed by atoms with E-state index in [-0.39, 0.29) is 23.9 Å². The number of fused-ring (bicyclic) bond motifs is 1. The van der Waals surface area contributed by atoms with Gasteiger partial charge in [0.15, 0.2) is 12.4 Å². The predicted octanol–water partition coefficient (Wildman–Crippen LogP) is 4.94. The summed E-state index contributed by atoms with van der Waals surface area (Å²) in [7, 11) is 0. The van der Waals surface area contributed by atoms with Crippen LogP contribution in [0.15, 0.2) is 48.0 Å². The largest absolute Gasteiger partial charge is 0.487 e. The molecular formula is C25H23F7N2O4. The van der Waals surface area contributed by atoms with Gasteiger partial charge < -0.3 is 20.5 Å². The molecule has 6 nitrogen and oxygen atoms in total. The topological polar surface area (TPSA) is 87.7 Å². The maximum Gasteiger partial charge on any atom is 0.417 e. The zero-order valence-corrected chi connectivity index (χ0v) is 19.9. The fourth-order valence-electron chi connectivity index (χ4n) is 3.83. The Morgan fingerprint density at radius 2 is 1.79 bits per heavy atom. The van der Waals surface area contributed by atoms with Crippen LogP contribution in [0.2, 0.25) is 0 Å². The van der Waals surface area contributed by atoms with Crippen LogP contribution in [0.3, 0.4) is 0 Å². The first-order valence-electron chi connectivity index (χ1n) is 11.3. The number of rotatable bonds is 8. The Kier molecular flexibility index (Phi) is 8.39. The second-order valence-electron chi connectivity index (χ2n) is 8.55. The van der Waals surface area contributed by atoms with Crippen molar-refractivity contribution in [2.24, 2.45) is 0 Å². The number of aliphatic hydroxyl groups excluding tert-OH is 1. The van der Waals surface area contributed by atoms with Gasteiger partial charge in [0.1, 0.15) is 5.75 Å². The molecule has 0 atom stereocenters. The number of halogens is 7. The number of nitrogens with one attached hydrogen (secondary N) is 2. The smallest absolute Gasteiger partial charge is 0.417 e. The van der Waals surface area contributed by atoms with Crippen LogP contribution in [0.25, 0.3) is 5.57 Å². The van der Waals surface area contributed by atoms with Crippen molar-refractivity contribution in [1.82, 2.24) is 5.32 Å². The van der Waals surface area contributed by atoms with E-state index in [2.05, 4.69) is 10.6 Å². The summed E-state index contributed by atoms with van der Waals surface area (Å²) in [6.45, 7) is -2.16. The number of hydrogen-bond acceptors (Lipinski definition) is 5. The van der Waals surface area contributed by atoms with Gasteiger partial charge in [0.2, 0.25) is 0 Å². The molecule has 0 spiro atoms. The van der Waals surface area contributed by atoms with E-state index in [1.165, 1.54) is 24.3 Å². The fourth-order valence-corrected chi connectivity index (χ4v) is 3.83. The van der Waals surface area contributed by atoms with E-state index in [1.807, 2.05) is 0 Å². The van der Waals surface area contributed by atoms with Crippen LogP contribution in [0, 0.1) is 0 Å². The van der Waals surface area contributed by atoms with E-state index in [4.69, 9.17) is 9.84 Å². The summed E-state index contributed by atoms with van der Waals surface area (Å²) < 4.78 is 104. The van der Waals surface area contributed by atoms with Crippen molar-refractivity contribution in [1.29, 1.82) is 0 Å². The summed E-state index contributed by atoms with van der Waals surface area (Å²) in [5, 5.41) is 13.9. The van der Waals surface area contributed by atoms with Crippen molar-refractivity contribution in [3.63, 3.8) is 0 Å². The Hall–Kier alpha value is -3.61. The number of alkyl halides is 7. The molecule has 1 amide bonds. The van der Waals surface area contributed by atoms with Crippen LogP contribution in [-0.2, 0) is 11.0 Å². The van der Waals surface area contributed by atoms with Gasteiger partial charge in [-0.05, 0) is 24.3 Å². The lowest BCUT2D eigenvalue weighted by Gasteiger charge is -2.23. The Morgan fingerprint density at radius 3 is 2.42 bits per heavy atom. The number of aliphatic hydroxyl groups is 1. The Balaban J connectivity index is 2.27. The van der Waals surface area contributed by atoms with Crippen molar-refractivity contribution >= 4 is 23.0 Å². The first kappa shape index (κ1) is 29.0. The summed E-state index contributed by atoms with van der Waals surface area (Å²) in [6, 6.07) is 7.11. The molecule has 0 saturated heterocycles. The molecular weight excluding hydrogens is 525 g/mol. The van der Waals surface area contributed by atoms with Crippen LogP contribution in [0.4, 0.5) is 36.4 Å². The molecule has 0 radical (unpaired) electrons. The van der Waals surface area contributed by atoms with Crippen molar-refractivity contribution < 1.29 is 50.2 Å². The number of carbonyl (C=O) groups is 2. The highest BCUT2D eigenvalue weighted by Crippen LogP contribution is 2.44. The first-order chi connectivity index (χ1) is 17.7. The van der Waals surface area contributed by atoms with Crippen LogP contribution < -0.4 is 15.4 Å². The first-order valence-corrected chi connectivity index (χ1v) is 11.3. The lowest BCUT2D eigenvalue weighted by atomic mass is 9.87. The van der Waals surface area contributed by atoms with Gasteiger partial charge in [-0.3, -0.25) is 9.59 Å². The molecule has 0 aliphatic carbocycles. The summed E-state index contributed by atoms with van der Waals surface area (Å²) >= 11 is 0. The number of hydrogen-bond donors (Lipinski definition) is 3. The van der Waals surface area contributed by atoms with Crippen molar-refractivity contribution in [3.8, 4) is 5.75 Å². The number of amides is 1. The summed E-state index contributed by atoms with van der Waals surface area (Å²) in [5.41, 5.74) is -5.32. The van der Waals surface area contributed by atoms with Gasteiger partial charge in [-0.15, -0.1) is 0 Å². The molecule has 1 aliphatic heterocycles. The zero-order chi connectivity index (χ0) is 28.3. The van der Waals surface area contributed by atoms with Gasteiger partial charge in [-0.2, -0.15) is 13.2 Å². The SMILES string of the molecule is CC(F)(F)COc1ccc(C(=O)C(C(=O)NCCO)=C2c3ccccc3NCCC2(F)F)c(C(F)(F)F)c1. The van der Waals surface area contributed by atoms with Gasteiger partial charge in [0, 0.05) is 48.8 Å². The predicted molar refractivity (Wildman–Crippen MR) is 123 cm³/mol. The van der Waals surface area contributed by atoms with Gasteiger partial charge in [0.05, 0.1) is 17.7 Å². The summed E-state index contributed by atoms with van der Waals surface area (Å²) in [4.78, 5) is 26.6. The van der Waals surface area contributed by atoms with Gasteiger partial charge in [-0.25, -0.2) is 17.6 Å². The molecule has 0 unspecified atom stereocenters. The van der Waals surface area contributed by atoms with Gasteiger partial charge >= 0.3 is 6.18 Å². The molecule has 0 saturated carbocycles. The minimum atomic E-state index is -5.25. The van der Waals surface area contributed by atoms with Crippen molar-refractivity contribution in [2.75, 3.05) is 31.6 Å². The number of benzene rings is 2. The maximum absolute atomic E-state index is 15.4. The van der Waals surface area contributed by atoms with E-state index in [0.717, 1.165) is 6.07 Å². The number of ketones is 1. The third-order valence-corrected chi connectivity index (χ3v) is 5.45. The van der Waals surface area contributed by atoms with E-state index >= 15 is 8.78 Å². The molecule has 2 aromatic rings. The van der Waals surface area contributed by atoms with E-state index in [9.17, 15) is 31.5 Å². The molecule has 2 aromatic carbocycles. The molecule has 1 heterocycles. The normalized spacial score (nSPS) is 16.6. The molecule has 0 bridgehead atoms. The quantitative estimate of drug-likeness (QED) is 0.143. The fraction of sp³-hybridized carbons (Fsp3) is 0.360. The number of anilines is 1. The van der Waals surface area contributed by atoms with Crippen molar-refractivity contribution in [3.05, 3.63) is 64.7 Å². The number of para-hydroxylation sites is 1. The Bertz CT molecular complexity index is 1240. The highest BCUT2D eigenvalue weighted by molar-refractivity contribution is 6.31. The van der Waals surface area contributed by atoms with Crippen LogP contribution >= 0.6 is 0 Å². The van der Waals surface area contributed by atoms with Gasteiger partial charge in [0.25, 0.3) is 17.8 Å². The standard InChI is InChI=1S/C25H23F7N2O4/c1-23(26,27)13-38-14-6-7-15(17(12-14)25(30,31)32)21(36)19(22(37)34-10-11-35)20-16-4-2-3-5-18(16)33-9-8-24(20,28)29/h2-7,12,33,35H,8-11,13H2,1H3,(H,34,37). The minimum absolute atomic E-state index is 0.125. The Labute approximate surface area is 212 Å². The highest BCUT2D eigenvalue weighted by Gasteiger charge is 2.45. The molecule has 206 valence electrons.